The minimum Gasteiger partial charge on any atom is -0.493 e. The zero-order valence-corrected chi connectivity index (χ0v) is 13.0. The second-order valence-corrected chi connectivity index (χ2v) is 7.17. The van der Waals surface area contributed by atoms with Gasteiger partial charge in [0.1, 0.15) is 12.4 Å². The predicted molar refractivity (Wildman–Crippen MR) is 84.3 cm³/mol. The van der Waals surface area contributed by atoms with E-state index in [-0.39, 0.29) is 17.3 Å². The molecule has 0 heterocycles. The summed E-state index contributed by atoms with van der Waals surface area (Å²) in [5, 5.41) is 0. The van der Waals surface area contributed by atoms with E-state index in [0.717, 1.165) is 11.1 Å². The van der Waals surface area contributed by atoms with Gasteiger partial charge in [0.25, 0.3) is 0 Å². The normalized spacial score (nSPS) is 11.3. The van der Waals surface area contributed by atoms with Gasteiger partial charge >= 0.3 is 0 Å². The third kappa shape index (κ3) is 4.23. The van der Waals surface area contributed by atoms with Crippen LogP contribution in [0.5, 0.6) is 5.75 Å². The van der Waals surface area contributed by atoms with Crippen molar-refractivity contribution in [2.75, 3.05) is 18.1 Å². The van der Waals surface area contributed by atoms with E-state index in [1.165, 1.54) is 12.1 Å². The lowest BCUT2D eigenvalue weighted by Gasteiger charge is -2.09. The molecule has 0 spiro atoms. The molecule has 2 N–H and O–H groups in total. The number of hydrogen-bond donors (Lipinski definition) is 1. The number of aryl methyl sites for hydroxylation is 2. The van der Waals surface area contributed by atoms with Gasteiger partial charge in [0.2, 0.25) is 0 Å². The summed E-state index contributed by atoms with van der Waals surface area (Å²) in [5.41, 5.74) is 8.28. The largest absolute Gasteiger partial charge is 0.493 e. The lowest BCUT2D eigenvalue weighted by Crippen LogP contribution is -2.14. The first-order valence-corrected chi connectivity index (χ1v) is 8.31. The van der Waals surface area contributed by atoms with E-state index >= 15 is 0 Å². The molecule has 0 aliphatic heterocycles. The van der Waals surface area contributed by atoms with Crippen molar-refractivity contribution in [1.82, 2.24) is 0 Å². The molecule has 0 radical (unpaired) electrons. The van der Waals surface area contributed by atoms with Gasteiger partial charge in [-0.05, 0) is 61.4 Å². The fourth-order valence-electron chi connectivity index (χ4n) is 2.08. The Balaban J connectivity index is 2.00. The number of benzene rings is 2. The second kappa shape index (κ2) is 6.18. The lowest BCUT2D eigenvalue weighted by atomic mass is 10.1. The molecule has 0 saturated heterocycles. The number of nitrogens with two attached hydrogens (primary N) is 1. The summed E-state index contributed by atoms with van der Waals surface area (Å²) in [6, 6.07) is 12.0. The number of anilines is 1. The molecule has 2 aromatic carbocycles. The highest BCUT2D eigenvalue weighted by Crippen LogP contribution is 2.17. The Morgan fingerprint density at radius 3 is 2.14 bits per heavy atom. The van der Waals surface area contributed by atoms with E-state index in [4.69, 9.17) is 10.5 Å². The van der Waals surface area contributed by atoms with Crippen LogP contribution < -0.4 is 10.5 Å². The molecule has 5 heteroatoms. The molecule has 112 valence electrons. The van der Waals surface area contributed by atoms with Crippen LogP contribution in [-0.2, 0) is 9.84 Å². The van der Waals surface area contributed by atoms with Gasteiger partial charge in [-0.2, -0.15) is 0 Å². The molecule has 0 aromatic heterocycles. The van der Waals surface area contributed by atoms with Gasteiger partial charge < -0.3 is 10.5 Å². The predicted octanol–water partition coefficient (Wildman–Crippen LogP) is 2.74. The van der Waals surface area contributed by atoms with E-state index < -0.39 is 9.84 Å². The first-order valence-electron chi connectivity index (χ1n) is 6.66. The van der Waals surface area contributed by atoms with Gasteiger partial charge in [-0.15, -0.1) is 0 Å². The molecule has 0 aliphatic rings. The molecule has 2 aromatic rings. The Bertz CT molecular complexity index is 701. The smallest absolute Gasteiger partial charge is 0.181 e. The molecular weight excluding hydrogens is 286 g/mol. The zero-order chi connectivity index (χ0) is 15.5. The summed E-state index contributed by atoms with van der Waals surface area (Å²) in [7, 11) is -3.35. The minimum atomic E-state index is -3.35. The van der Waals surface area contributed by atoms with E-state index in [0.29, 0.717) is 11.4 Å². The van der Waals surface area contributed by atoms with Crippen LogP contribution in [0.3, 0.4) is 0 Å². The van der Waals surface area contributed by atoms with Gasteiger partial charge in [0.15, 0.2) is 9.84 Å². The molecule has 0 aliphatic carbocycles. The second-order valence-electron chi connectivity index (χ2n) is 5.06. The third-order valence-electron chi connectivity index (χ3n) is 3.06. The van der Waals surface area contributed by atoms with Crippen LogP contribution in [0.1, 0.15) is 11.1 Å². The minimum absolute atomic E-state index is 0.0656. The van der Waals surface area contributed by atoms with Crippen LogP contribution in [0.25, 0.3) is 0 Å². The average Bonchev–Trinajstić information content (AvgIpc) is 2.37. The van der Waals surface area contributed by atoms with E-state index in [1.54, 1.807) is 12.1 Å². The molecule has 0 unspecified atom stereocenters. The van der Waals surface area contributed by atoms with Crippen molar-refractivity contribution in [3.63, 3.8) is 0 Å². The molecular formula is C16H19NO3S. The third-order valence-corrected chi connectivity index (χ3v) is 4.75. The number of rotatable bonds is 5. The van der Waals surface area contributed by atoms with Crippen LogP contribution in [0.15, 0.2) is 47.4 Å². The lowest BCUT2D eigenvalue weighted by molar-refractivity contribution is 0.340. The Kier molecular flexibility index (Phi) is 4.53. The highest BCUT2D eigenvalue weighted by molar-refractivity contribution is 7.91. The van der Waals surface area contributed by atoms with E-state index in [9.17, 15) is 8.42 Å². The van der Waals surface area contributed by atoms with E-state index in [1.807, 2.05) is 32.0 Å². The topological polar surface area (TPSA) is 69.4 Å². The molecule has 2 rings (SSSR count). The highest BCUT2D eigenvalue weighted by Gasteiger charge is 2.14. The molecule has 4 nitrogen and oxygen atoms in total. The maximum atomic E-state index is 12.1. The highest BCUT2D eigenvalue weighted by atomic mass is 32.2. The Labute approximate surface area is 125 Å². The van der Waals surface area contributed by atoms with Gasteiger partial charge in [-0.25, -0.2) is 8.42 Å². The van der Waals surface area contributed by atoms with Crippen molar-refractivity contribution in [3.8, 4) is 5.75 Å². The van der Waals surface area contributed by atoms with Crippen LogP contribution in [0, 0.1) is 13.8 Å². The maximum Gasteiger partial charge on any atom is 0.181 e. The van der Waals surface area contributed by atoms with Crippen molar-refractivity contribution in [1.29, 1.82) is 0 Å². The summed E-state index contributed by atoms with van der Waals surface area (Å²) in [4.78, 5) is 0.265. The summed E-state index contributed by atoms with van der Waals surface area (Å²) >= 11 is 0. The van der Waals surface area contributed by atoms with E-state index in [2.05, 4.69) is 0 Å². The number of sulfone groups is 1. The van der Waals surface area contributed by atoms with Crippen LogP contribution in [0.4, 0.5) is 5.69 Å². The Morgan fingerprint density at radius 2 is 1.57 bits per heavy atom. The SMILES string of the molecule is Cc1cc(C)cc(OCCS(=O)(=O)c2ccc(N)cc2)c1. The summed E-state index contributed by atoms with van der Waals surface area (Å²) in [6.45, 7) is 4.07. The van der Waals surface area contributed by atoms with Gasteiger partial charge in [-0.3, -0.25) is 0 Å². The average molecular weight is 305 g/mol. The van der Waals surface area contributed by atoms with Crippen molar-refractivity contribution in [3.05, 3.63) is 53.6 Å². The van der Waals surface area contributed by atoms with Gasteiger partial charge in [0.05, 0.1) is 10.6 Å². The summed E-state index contributed by atoms with van der Waals surface area (Å²) < 4.78 is 29.8. The van der Waals surface area contributed by atoms with Crippen LogP contribution >= 0.6 is 0 Å². The standard InChI is InChI=1S/C16H19NO3S/c1-12-9-13(2)11-15(10-12)20-7-8-21(18,19)16-5-3-14(17)4-6-16/h3-6,9-11H,7-8,17H2,1-2H3. The summed E-state index contributed by atoms with van der Waals surface area (Å²) in [5.74, 6) is 0.629. The number of ether oxygens (including phenoxy) is 1. The zero-order valence-electron chi connectivity index (χ0n) is 12.2. The van der Waals surface area contributed by atoms with Crippen molar-refractivity contribution < 1.29 is 13.2 Å². The van der Waals surface area contributed by atoms with Gasteiger partial charge in [-0.1, -0.05) is 6.07 Å². The van der Waals surface area contributed by atoms with Crippen LogP contribution in [0.2, 0.25) is 0 Å². The van der Waals surface area contributed by atoms with Crippen molar-refractivity contribution in [2.45, 2.75) is 18.7 Å². The van der Waals surface area contributed by atoms with Crippen LogP contribution in [-0.4, -0.2) is 20.8 Å². The molecule has 0 saturated carbocycles. The Hall–Kier alpha value is -2.01. The van der Waals surface area contributed by atoms with Gasteiger partial charge in [0, 0.05) is 5.69 Å². The fraction of sp³-hybridized carbons (Fsp3) is 0.250. The quantitative estimate of drug-likeness (QED) is 0.862. The van der Waals surface area contributed by atoms with Crippen molar-refractivity contribution >= 4 is 15.5 Å². The maximum absolute atomic E-state index is 12.1. The molecule has 0 fully saturated rings. The monoisotopic (exact) mass is 305 g/mol. The number of hydrogen-bond acceptors (Lipinski definition) is 4. The first kappa shape index (κ1) is 15.4. The summed E-state index contributed by atoms with van der Waals surface area (Å²) in [6.07, 6.45) is 0. The molecule has 21 heavy (non-hydrogen) atoms. The fourth-order valence-corrected chi connectivity index (χ4v) is 3.17. The van der Waals surface area contributed by atoms with Crippen molar-refractivity contribution in [2.24, 2.45) is 0 Å². The molecule has 0 bridgehead atoms. The molecule has 0 atom stereocenters. The Morgan fingerprint density at radius 1 is 1.00 bits per heavy atom. The number of nitrogen functional groups attached to an aromatic ring is 1. The first-order chi connectivity index (χ1) is 9.87. The molecule has 0 amide bonds.